The molecule has 200 valence electrons. The van der Waals surface area contributed by atoms with Crippen molar-refractivity contribution in [3.63, 3.8) is 0 Å². The van der Waals surface area contributed by atoms with Crippen LogP contribution in [0.4, 0.5) is 22.0 Å². The van der Waals surface area contributed by atoms with Gasteiger partial charge in [0.15, 0.2) is 11.6 Å². The Morgan fingerprint density at radius 1 is 0.737 bits per heavy atom. The zero-order valence-corrected chi connectivity index (χ0v) is 21.3. The second kappa shape index (κ2) is 12.4. The Balaban J connectivity index is 1.37. The van der Waals surface area contributed by atoms with E-state index in [4.69, 9.17) is 0 Å². The number of nitrogens with zero attached hydrogens (tertiary/aromatic N) is 1. The van der Waals surface area contributed by atoms with Crippen molar-refractivity contribution in [1.82, 2.24) is 4.98 Å². The first-order chi connectivity index (χ1) is 18.2. The first kappa shape index (κ1) is 27.6. The van der Waals surface area contributed by atoms with Gasteiger partial charge in [0.25, 0.3) is 0 Å². The smallest absolute Gasteiger partial charge is 0.403 e. The molecule has 0 fully saturated rings. The largest absolute Gasteiger partial charge is 0.573 e. The molecular formula is C31H30F5NO. The molecule has 2 nitrogen and oxygen atoms in total. The monoisotopic (exact) mass is 527 g/mol. The van der Waals surface area contributed by atoms with Gasteiger partial charge in [-0.05, 0) is 84.4 Å². The van der Waals surface area contributed by atoms with Crippen LogP contribution < -0.4 is 4.74 Å². The highest BCUT2D eigenvalue weighted by Gasteiger charge is 2.32. The molecule has 7 heteroatoms. The number of halogens is 5. The lowest BCUT2D eigenvalue weighted by molar-refractivity contribution is -0.275. The number of aromatic nitrogens is 1. The van der Waals surface area contributed by atoms with Gasteiger partial charge in [-0.3, -0.25) is 4.98 Å². The van der Waals surface area contributed by atoms with Crippen molar-refractivity contribution in [2.24, 2.45) is 0 Å². The van der Waals surface area contributed by atoms with Crippen molar-refractivity contribution in [3.8, 4) is 5.75 Å². The minimum absolute atomic E-state index is 0.272. The molecule has 0 amide bonds. The van der Waals surface area contributed by atoms with Gasteiger partial charge in [-0.25, -0.2) is 8.78 Å². The summed E-state index contributed by atoms with van der Waals surface area (Å²) in [7, 11) is 0. The van der Waals surface area contributed by atoms with Crippen LogP contribution in [0.2, 0.25) is 0 Å². The molecule has 0 atom stereocenters. The topological polar surface area (TPSA) is 22.1 Å². The summed E-state index contributed by atoms with van der Waals surface area (Å²) in [4.78, 5) is 4.59. The summed E-state index contributed by atoms with van der Waals surface area (Å²) in [5, 5.41) is 1.29. The van der Waals surface area contributed by atoms with Crippen molar-refractivity contribution in [2.45, 2.75) is 64.7 Å². The molecule has 0 radical (unpaired) electrons. The van der Waals surface area contributed by atoms with Gasteiger partial charge in [0.2, 0.25) is 0 Å². The zero-order chi connectivity index (χ0) is 27.1. The quantitative estimate of drug-likeness (QED) is 0.144. The van der Waals surface area contributed by atoms with Crippen LogP contribution in [-0.2, 0) is 32.1 Å². The van der Waals surface area contributed by atoms with E-state index in [-0.39, 0.29) is 18.7 Å². The van der Waals surface area contributed by atoms with Gasteiger partial charge in [-0.15, -0.1) is 13.2 Å². The Labute approximate surface area is 219 Å². The number of unbranched alkanes of at least 4 members (excludes halogenated alkanes) is 2. The van der Waals surface area contributed by atoms with E-state index in [1.165, 1.54) is 30.9 Å². The van der Waals surface area contributed by atoms with Gasteiger partial charge >= 0.3 is 6.36 Å². The third-order valence-electron chi connectivity index (χ3n) is 6.63. The van der Waals surface area contributed by atoms with E-state index in [9.17, 15) is 17.6 Å². The molecule has 3 aromatic carbocycles. The number of hydrogen-bond donors (Lipinski definition) is 0. The Morgan fingerprint density at radius 2 is 1.47 bits per heavy atom. The highest BCUT2D eigenvalue weighted by molar-refractivity contribution is 5.84. The third-order valence-corrected chi connectivity index (χ3v) is 6.63. The number of hydrogen-bond acceptors (Lipinski definition) is 2. The summed E-state index contributed by atoms with van der Waals surface area (Å²) in [6.45, 7) is 2.19. The van der Waals surface area contributed by atoms with Crippen molar-refractivity contribution < 1.29 is 26.7 Å². The molecule has 0 spiro atoms. The molecule has 1 heterocycles. The van der Waals surface area contributed by atoms with Gasteiger partial charge in [0.05, 0.1) is 0 Å². The van der Waals surface area contributed by atoms with Crippen LogP contribution in [0.5, 0.6) is 5.75 Å². The van der Waals surface area contributed by atoms with E-state index >= 15 is 4.39 Å². The highest BCUT2D eigenvalue weighted by Crippen LogP contribution is 2.28. The lowest BCUT2D eigenvalue weighted by Crippen LogP contribution is -2.18. The normalized spacial score (nSPS) is 11.7. The predicted molar refractivity (Wildman–Crippen MR) is 139 cm³/mol. The summed E-state index contributed by atoms with van der Waals surface area (Å²) in [6, 6.07) is 16.7. The van der Waals surface area contributed by atoms with E-state index in [1.54, 1.807) is 12.1 Å². The van der Waals surface area contributed by atoms with Crippen LogP contribution in [-0.4, -0.2) is 11.3 Å². The fraction of sp³-hybridized carbons (Fsp3) is 0.323. The highest BCUT2D eigenvalue weighted by atomic mass is 19.4. The summed E-state index contributed by atoms with van der Waals surface area (Å²) >= 11 is 0. The van der Waals surface area contributed by atoms with Gasteiger partial charge in [0.1, 0.15) is 5.82 Å². The molecule has 38 heavy (non-hydrogen) atoms. The molecule has 0 saturated heterocycles. The summed E-state index contributed by atoms with van der Waals surface area (Å²) in [6.07, 6.45) is 3.80. The Hall–Kier alpha value is -3.48. The molecule has 0 unspecified atom stereocenters. The second-order valence-corrected chi connectivity index (χ2v) is 9.52. The number of aryl methyl sites for hydroxylation is 5. The van der Waals surface area contributed by atoms with Gasteiger partial charge in [0, 0.05) is 17.3 Å². The van der Waals surface area contributed by atoms with Gasteiger partial charge < -0.3 is 4.74 Å². The fourth-order valence-electron chi connectivity index (χ4n) is 4.52. The molecule has 0 bridgehead atoms. The van der Waals surface area contributed by atoms with Gasteiger partial charge in [-0.1, -0.05) is 62.2 Å². The number of alkyl halides is 3. The Morgan fingerprint density at radius 3 is 2.18 bits per heavy atom. The van der Waals surface area contributed by atoms with E-state index < -0.39 is 17.9 Å². The van der Waals surface area contributed by atoms with Crippen molar-refractivity contribution in [2.75, 3.05) is 0 Å². The van der Waals surface area contributed by atoms with E-state index in [0.29, 0.717) is 16.5 Å². The maximum Gasteiger partial charge on any atom is 0.573 e. The molecular weight excluding hydrogens is 497 g/mol. The second-order valence-electron chi connectivity index (χ2n) is 9.52. The number of rotatable bonds is 11. The minimum Gasteiger partial charge on any atom is -0.403 e. The van der Waals surface area contributed by atoms with Crippen LogP contribution >= 0.6 is 0 Å². The minimum atomic E-state index is -4.97. The fourth-order valence-corrected chi connectivity index (χ4v) is 4.52. The van der Waals surface area contributed by atoms with Crippen molar-refractivity contribution in [3.05, 3.63) is 106 Å². The molecule has 4 rings (SSSR count). The van der Waals surface area contributed by atoms with Crippen LogP contribution in [0, 0.1) is 11.6 Å². The third kappa shape index (κ3) is 7.53. The first-order valence-corrected chi connectivity index (χ1v) is 12.9. The van der Waals surface area contributed by atoms with Gasteiger partial charge in [-0.2, -0.15) is 0 Å². The maximum absolute atomic E-state index is 15.2. The van der Waals surface area contributed by atoms with Crippen LogP contribution in [0.15, 0.2) is 66.9 Å². The average molecular weight is 528 g/mol. The lowest BCUT2D eigenvalue weighted by Gasteiger charge is -2.11. The summed E-state index contributed by atoms with van der Waals surface area (Å²) in [5.74, 6) is -2.33. The summed E-state index contributed by atoms with van der Waals surface area (Å²) < 4.78 is 69.8. The SMILES string of the molecule is CCCCCc1ccc(CCc2ccc3c(F)c(CCc4ccc(OC(F)(F)F)c(F)c4)ccc3c2)nc1. The molecule has 0 aliphatic heterocycles. The Bertz CT molecular complexity index is 1370. The molecule has 0 aliphatic carbocycles. The molecule has 4 aromatic rings. The van der Waals surface area contributed by atoms with Crippen LogP contribution in [0.3, 0.4) is 0 Å². The predicted octanol–water partition coefficient (Wildman–Crippen LogP) is 8.71. The maximum atomic E-state index is 15.2. The van der Waals surface area contributed by atoms with Crippen molar-refractivity contribution >= 4 is 10.8 Å². The average Bonchev–Trinajstić information content (AvgIpc) is 2.89. The molecule has 1 aromatic heterocycles. The van der Waals surface area contributed by atoms with Crippen molar-refractivity contribution in [1.29, 1.82) is 0 Å². The Kier molecular flexibility index (Phi) is 8.97. The number of pyridine rings is 1. The summed E-state index contributed by atoms with van der Waals surface area (Å²) in [5.41, 5.74) is 4.30. The van der Waals surface area contributed by atoms with E-state index in [2.05, 4.69) is 28.8 Å². The molecule has 0 N–H and O–H groups in total. The standard InChI is InChI=1S/C31H30F5NO/c1-2-3-4-5-23-8-15-26(37-20-23)14-7-21-9-16-27-25(18-21)13-12-24(30(27)33)11-6-22-10-17-29(28(32)19-22)38-31(34,35)36/h8-10,12-13,15-20H,2-7,11,14H2,1H3. The number of fused-ring (bicyclic) bond motifs is 1. The molecule has 0 saturated carbocycles. The van der Waals surface area contributed by atoms with E-state index in [1.807, 2.05) is 24.4 Å². The molecule has 0 aliphatic rings. The number of benzene rings is 3. The number of ether oxygens (including phenoxy) is 1. The zero-order valence-electron chi connectivity index (χ0n) is 21.3. The lowest BCUT2D eigenvalue weighted by atomic mass is 9.97. The first-order valence-electron chi connectivity index (χ1n) is 12.9. The van der Waals surface area contributed by atoms with E-state index in [0.717, 1.165) is 48.0 Å². The van der Waals surface area contributed by atoms with Crippen LogP contribution in [0.25, 0.3) is 10.8 Å². The van der Waals surface area contributed by atoms with Crippen LogP contribution in [0.1, 0.15) is 54.1 Å².